The van der Waals surface area contributed by atoms with Gasteiger partial charge in [0.2, 0.25) is 0 Å². The normalized spacial score (nSPS) is 25.5. The van der Waals surface area contributed by atoms with Gasteiger partial charge in [-0.05, 0) is 30.2 Å². The van der Waals surface area contributed by atoms with Gasteiger partial charge in [0.15, 0.2) is 0 Å². The molecule has 3 fully saturated rings. The third-order valence-electron chi connectivity index (χ3n) is 8.56. The van der Waals surface area contributed by atoms with E-state index in [0.29, 0.717) is 38.3 Å². The maximum Gasteiger partial charge on any atom is 0.416 e. The number of ether oxygens (including phenoxy) is 1. The van der Waals surface area contributed by atoms with Gasteiger partial charge in [-0.25, -0.2) is 0 Å². The van der Waals surface area contributed by atoms with E-state index in [1.165, 1.54) is 4.90 Å². The van der Waals surface area contributed by atoms with Gasteiger partial charge in [0, 0.05) is 63.3 Å². The number of alkyl halides is 6. The summed E-state index contributed by atoms with van der Waals surface area (Å²) in [6, 6.07) is 10.6. The average Bonchev–Trinajstić information content (AvgIpc) is 3.00. The molecule has 3 saturated heterocycles. The van der Waals surface area contributed by atoms with Crippen LogP contribution in [0.2, 0.25) is 0 Å². The van der Waals surface area contributed by atoms with Crippen molar-refractivity contribution in [1.29, 1.82) is 0 Å². The second-order valence-electron chi connectivity index (χ2n) is 11.0. The van der Waals surface area contributed by atoms with Gasteiger partial charge >= 0.3 is 12.4 Å². The van der Waals surface area contributed by atoms with E-state index in [0.717, 1.165) is 31.7 Å². The van der Waals surface area contributed by atoms with Crippen LogP contribution in [0.5, 0.6) is 0 Å². The summed E-state index contributed by atoms with van der Waals surface area (Å²) in [4.78, 5) is 21.4. The highest BCUT2D eigenvalue weighted by molar-refractivity contribution is 5.95. The van der Waals surface area contributed by atoms with Gasteiger partial charge in [0.25, 0.3) is 5.91 Å². The van der Waals surface area contributed by atoms with Crippen molar-refractivity contribution in [2.45, 2.75) is 36.9 Å². The van der Waals surface area contributed by atoms with Crippen LogP contribution in [-0.2, 0) is 17.1 Å². The van der Waals surface area contributed by atoms with Crippen molar-refractivity contribution in [3.8, 4) is 0 Å². The van der Waals surface area contributed by atoms with Gasteiger partial charge in [-0.1, -0.05) is 30.3 Å². The predicted molar refractivity (Wildman–Crippen MR) is 141 cm³/mol. The van der Waals surface area contributed by atoms with E-state index in [9.17, 15) is 36.2 Å². The quantitative estimate of drug-likeness (QED) is 0.525. The number of amides is 1. The highest BCUT2D eigenvalue weighted by Gasteiger charge is 2.41. The molecule has 3 atom stereocenters. The van der Waals surface area contributed by atoms with E-state index in [1.807, 2.05) is 35.2 Å². The van der Waals surface area contributed by atoms with Gasteiger partial charge in [0.05, 0.1) is 37.2 Å². The summed E-state index contributed by atoms with van der Waals surface area (Å²) in [5.41, 5.74) is -2.68. The lowest BCUT2D eigenvalue weighted by Crippen LogP contribution is -2.62. The topological polar surface area (TPSA) is 59.5 Å². The third kappa shape index (κ3) is 6.75. The van der Waals surface area contributed by atoms with Gasteiger partial charge in [-0.15, -0.1) is 0 Å². The summed E-state index contributed by atoms with van der Waals surface area (Å²) in [5.74, 6) is -1.03. The molecule has 1 unspecified atom stereocenters. The molecular formula is C29H34F6N4O3. The van der Waals surface area contributed by atoms with Crippen LogP contribution in [0.4, 0.5) is 26.3 Å². The van der Waals surface area contributed by atoms with E-state index in [1.54, 1.807) is 0 Å². The van der Waals surface area contributed by atoms with Gasteiger partial charge in [-0.3, -0.25) is 19.5 Å². The molecule has 0 bridgehead atoms. The van der Waals surface area contributed by atoms with E-state index in [-0.39, 0.29) is 44.0 Å². The Morgan fingerprint density at radius 3 is 2.07 bits per heavy atom. The number of hydrogen-bond acceptors (Lipinski definition) is 6. The first-order valence-electron chi connectivity index (χ1n) is 14.0. The van der Waals surface area contributed by atoms with E-state index < -0.39 is 35.0 Å². The number of aliphatic hydroxyl groups excluding tert-OH is 1. The Morgan fingerprint density at radius 1 is 0.857 bits per heavy atom. The molecule has 3 aliphatic heterocycles. The maximum atomic E-state index is 13.4. The number of aliphatic hydroxyl groups is 1. The molecule has 3 heterocycles. The zero-order valence-electron chi connectivity index (χ0n) is 22.9. The lowest BCUT2D eigenvalue weighted by molar-refractivity contribution is -0.143. The number of piperidine rings is 1. The number of halogens is 6. The number of morpholine rings is 1. The number of benzene rings is 2. The van der Waals surface area contributed by atoms with Crippen LogP contribution < -0.4 is 0 Å². The zero-order chi connectivity index (χ0) is 30.1. The Kier molecular flexibility index (Phi) is 9.14. The number of carbonyl (C=O) groups excluding carboxylic acids is 1. The molecule has 5 rings (SSSR count). The van der Waals surface area contributed by atoms with Crippen LogP contribution in [-0.4, -0.2) is 109 Å². The fourth-order valence-electron chi connectivity index (χ4n) is 6.34. The van der Waals surface area contributed by atoms with Crippen molar-refractivity contribution in [2.75, 3.05) is 65.8 Å². The molecule has 2 aromatic rings. The smallest absolute Gasteiger partial charge is 0.381 e. The summed E-state index contributed by atoms with van der Waals surface area (Å²) in [6.07, 6.45) is -9.55. The number of piperazine rings is 1. The summed E-state index contributed by atoms with van der Waals surface area (Å²) in [7, 11) is 0. The molecule has 1 N–H and O–H groups in total. The fraction of sp³-hybridized carbons (Fsp3) is 0.552. The van der Waals surface area contributed by atoms with Crippen molar-refractivity contribution in [3.63, 3.8) is 0 Å². The van der Waals surface area contributed by atoms with Crippen molar-refractivity contribution in [2.24, 2.45) is 0 Å². The third-order valence-corrected chi connectivity index (χ3v) is 8.56. The molecule has 42 heavy (non-hydrogen) atoms. The molecule has 13 heteroatoms. The largest absolute Gasteiger partial charge is 0.416 e. The summed E-state index contributed by atoms with van der Waals surface area (Å²) in [6.45, 7) is 5.03. The van der Waals surface area contributed by atoms with Crippen molar-refractivity contribution >= 4 is 5.91 Å². The monoisotopic (exact) mass is 600 g/mol. The summed E-state index contributed by atoms with van der Waals surface area (Å²) < 4.78 is 86.3. The number of nitrogens with zero attached hydrogens (tertiary/aromatic N) is 4. The molecular weight excluding hydrogens is 566 g/mol. The summed E-state index contributed by atoms with van der Waals surface area (Å²) >= 11 is 0. The molecule has 230 valence electrons. The minimum Gasteiger partial charge on any atom is -0.381 e. The Bertz CT molecular complexity index is 1190. The number of carbonyl (C=O) groups is 1. The Balaban J connectivity index is 1.34. The molecule has 1 amide bonds. The zero-order valence-corrected chi connectivity index (χ0v) is 22.9. The molecule has 7 nitrogen and oxygen atoms in total. The Hall–Kier alpha value is -2.71. The molecule has 0 saturated carbocycles. The molecule has 0 radical (unpaired) electrons. The molecule has 0 aromatic heterocycles. The van der Waals surface area contributed by atoms with Gasteiger partial charge in [-0.2, -0.15) is 26.3 Å². The lowest BCUT2D eigenvalue weighted by atomic mass is 9.84. The highest BCUT2D eigenvalue weighted by Crippen LogP contribution is 2.38. The first-order valence-corrected chi connectivity index (χ1v) is 14.0. The highest BCUT2D eigenvalue weighted by atomic mass is 19.4. The van der Waals surface area contributed by atoms with Crippen LogP contribution in [0.15, 0.2) is 48.5 Å². The molecule has 0 spiro atoms. The minimum absolute atomic E-state index is 0.00987. The van der Waals surface area contributed by atoms with Crippen LogP contribution in [0.25, 0.3) is 0 Å². The number of rotatable bonds is 5. The SMILES string of the molecule is O=C(c1cc(C(F)(F)F)cc(C(F)(F)F)c1)N1CC[C@H](N2CCN(C3COCCN3CO)CC2)[C@H](c2ccccc2)C1. The van der Waals surface area contributed by atoms with Crippen molar-refractivity contribution in [3.05, 3.63) is 70.8 Å². The van der Waals surface area contributed by atoms with Crippen LogP contribution in [0.1, 0.15) is 39.4 Å². The Morgan fingerprint density at radius 2 is 1.48 bits per heavy atom. The van der Waals surface area contributed by atoms with Crippen molar-refractivity contribution < 1.29 is 41.0 Å². The molecule has 2 aromatic carbocycles. The van der Waals surface area contributed by atoms with Crippen molar-refractivity contribution in [1.82, 2.24) is 19.6 Å². The van der Waals surface area contributed by atoms with Crippen LogP contribution in [0, 0.1) is 0 Å². The van der Waals surface area contributed by atoms with Crippen LogP contribution >= 0.6 is 0 Å². The van der Waals surface area contributed by atoms with E-state index in [4.69, 9.17) is 4.74 Å². The first-order chi connectivity index (χ1) is 20.0. The van der Waals surface area contributed by atoms with E-state index >= 15 is 0 Å². The lowest BCUT2D eigenvalue weighted by Gasteiger charge is -2.49. The molecule has 3 aliphatic rings. The fourth-order valence-corrected chi connectivity index (χ4v) is 6.34. The average molecular weight is 601 g/mol. The second kappa shape index (κ2) is 12.5. The molecule has 0 aliphatic carbocycles. The number of likely N-dealkylation sites (tertiary alicyclic amines) is 1. The predicted octanol–water partition coefficient (Wildman–Crippen LogP) is 3.95. The number of hydrogen-bond donors (Lipinski definition) is 1. The second-order valence-corrected chi connectivity index (χ2v) is 11.0. The first kappa shape index (κ1) is 30.7. The summed E-state index contributed by atoms with van der Waals surface area (Å²) in [5, 5.41) is 9.76. The van der Waals surface area contributed by atoms with Crippen LogP contribution in [0.3, 0.4) is 0 Å². The standard InChI is InChI=1S/C29H34F6N4O3/c30-28(31,32)22-14-21(15-23(16-22)29(33,34)35)27(41)38-7-6-25(24(17-38)20-4-2-1-3-5-20)36-8-10-37(11-9-36)26-18-42-13-12-39(26)19-40/h1-5,14-16,24-26,40H,6-13,17-19H2/t24-,25-,26?/m0/s1. The Labute approximate surface area is 240 Å². The van der Waals surface area contributed by atoms with Gasteiger partial charge in [0.1, 0.15) is 0 Å². The van der Waals surface area contributed by atoms with E-state index in [2.05, 4.69) is 9.80 Å². The maximum absolute atomic E-state index is 13.4. The van der Waals surface area contributed by atoms with Gasteiger partial charge < -0.3 is 14.7 Å². The minimum atomic E-state index is -5.03.